The second-order valence-corrected chi connectivity index (χ2v) is 24.3. The summed E-state index contributed by atoms with van der Waals surface area (Å²) in [6.45, 7) is 25.8. The van der Waals surface area contributed by atoms with Gasteiger partial charge < -0.3 is 18.0 Å². The topological polar surface area (TPSA) is 89.6 Å². The highest BCUT2D eigenvalue weighted by Gasteiger charge is 2.66. The summed E-state index contributed by atoms with van der Waals surface area (Å²) in [6, 6.07) is 0. The number of imidazole rings is 1. The molecule has 11 heteroatoms. The third-order valence-electron chi connectivity index (χ3n) is 9.07. The average molecular weight is 563 g/mol. The molecule has 2 saturated heterocycles. The zero-order chi connectivity index (χ0) is 28.1. The van der Waals surface area contributed by atoms with Crippen molar-refractivity contribution in [1.82, 2.24) is 19.1 Å². The smallest absolute Gasteiger partial charge is 0.349 e. The summed E-state index contributed by atoms with van der Waals surface area (Å²) < 4.78 is 31.5. The molecule has 2 aromatic rings. The summed E-state index contributed by atoms with van der Waals surface area (Å²) >= 11 is 0. The molecule has 3 aliphatic rings. The molecule has 2 aromatic heterocycles. The quantitative estimate of drug-likeness (QED) is 0.470. The lowest BCUT2D eigenvalue weighted by Crippen LogP contribution is -2.66. The first-order valence-electron chi connectivity index (χ1n) is 14.0. The van der Waals surface area contributed by atoms with Crippen molar-refractivity contribution in [2.75, 3.05) is 6.61 Å². The van der Waals surface area contributed by atoms with E-state index in [1.165, 1.54) is 0 Å². The van der Waals surface area contributed by atoms with Crippen LogP contribution >= 0.6 is 0 Å². The number of hydrogen-bond acceptors (Lipinski definition) is 7. The van der Waals surface area contributed by atoms with Gasteiger partial charge in [0.2, 0.25) is 0 Å². The number of hydrogen-bond donors (Lipinski definition) is 0. The van der Waals surface area contributed by atoms with Crippen molar-refractivity contribution in [3.8, 4) is 0 Å². The van der Waals surface area contributed by atoms with Gasteiger partial charge in [-0.2, -0.15) is 0 Å². The molecule has 0 aliphatic carbocycles. The maximum absolute atomic E-state index is 13.2. The van der Waals surface area contributed by atoms with Crippen LogP contribution in [0.4, 0.5) is 0 Å². The third-order valence-corrected chi connectivity index (χ3v) is 18.7. The van der Waals surface area contributed by atoms with E-state index in [0.29, 0.717) is 24.3 Å². The Bertz CT molecular complexity index is 1270. The van der Waals surface area contributed by atoms with Crippen LogP contribution in [0.2, 0.25) is 28.2 Å². The molecule has 3 aliphatic heterocycles. The highest BCUT2D eigenvalue weighted by Crippen LogP contribution is 2.56. The summed E-state index contributed by atoms with van der Waals surface area (Å²) in [7, 11) is -5.00. The van der Waals surface area contributed by atoms with Crippen LogP contribution < -0.4 is 5.56 Å². The molecule has 5 heterocycles. The molecular weight excluding hydrogens is 516 g/mol. The lowest BCUT2D eigenvalue weighted by Gasteiger charge is -2.54. The van der Waals surface area contributed by atoms with Gasteiger partial charge in [0.25, 0.3) is 5.56 Å². The minimum Gasteiger partial charge on any atom is -0.407 e. The van der Waals surface area contributed by atoms with E-state index in [9.17, 15) is 4.79 Å². The van der Waals surface area contributed by atoms with Gasteiger partial charge in [-0.3, -0.25) is 13.9 Å². The van der Waals surface area contributed by atoms with Crippen molar-refractivity contribution in [2.45, 2.75) is 134 Å². The van der Waals surface area contributed by atoms with Gasteiger partial charge in [0, 0.05) is 23.0 Å². The Balaban J connectivity index is 1.62. The van der Waals surface area contributed by atoms with Crippen LogP contribution in [-0.2, 0) is 31.0 Å². The minimum absolute atomic E-state index is 0.00170. The average Bonchev–Trinajstić information content (AvgIpc) is 3.48. The van der Waals surface area contributed by atoms with Gasteiger partial charge in [-0.05, 0) is 24.6 Å². The SMILES string of the molecule is CC(C)(C)[Si](C)(C)O[C@@H]1[C@@H]2O[Si](C(C)(C)C)(C(C)(C)C)OC[C@H]2O[C@H]1n1cnc2c(=O)n3c(nc21)CCC3. The van der Waals surface area contributed by atoms with Gasteiger partial charge >= 0.3 is 8.56 Å². The van der Waals surface area contributed by atoms with Crippen LogP contribution in [0.3, 0.4) is 0 Å². The number of nitrogens with zero attached hydrogens (tertiary/aromatic N) is 4. The summed E-state index contributed by atoms with van der Waals surface area (Å²) in [5.74, 6) is 0.813. The fourth-order valence-electron chi connectivity index (χ4n) is 6.23. The Labute approximate surface area is 228 Å². The van der Waals surface area contributed by atoms with E-state index < -0.39 is 23.1 Å². The molecule has 212 valence electrons. The van der Waals surface area contributed by atoms with Gasteiger partial charge in [-0.25, -0.2) is 9.97 Å². The van der Waals surface area contributed by atoms with Crippen LogP contribution in [0.25, 0.3) is 11.2 Å². The second-order valence-electron chi connectivity index (χ2n) is 14.8. The van der Waals surface area contributed by atoms with Crippen molar-refractivity contribution in [3.05, 3.63) is 22.5 Å². The van der Waals surface area contributed by atoms with Crippen LogP contribution in [0.15, 0.2) is 11.1 Å². The molecule has 5 rings (SSSR count). The molecule has 0 saturated carbocycles. The number of aromatic nitrogens is 4. The fourth-order valence-corrected chi connectivity index (χ4v) is 12.5. The molecule has 0 amide bonds. The van der Waals surface area contributed by atoms with Crippen LogP contribution in [0.5, 0.6) is 0 Å². The van der Waals surface area contributed by atoms with Crippen LogP contribution in [0.1, 0.15) is 80.8 Å². The van der Waals surface area contributed by atoms with E-state index in [4.69, 9.17) is 23.0 Å². The zero-order valence-corrected chi connectivity index (χ0v) is 27.0. The lowest BCUT2D eigenvalue weighted by molar-refractivity contribution is -0.0795. The molecule has 0 bridgehead atoms. The molecule has 0 aromatic carbocycles. The summed E-state index contributed by atoms with van der Waals surface area (Å²) in [5.41, 5.74) is 0.863. The number of aryl methyl sites for hydroxylation is 1. The van der Waals surface area contributed by atoms with E-state index in [-0.39, 0.29) is 39.0 Å². The normalized spacial score (nSPS) is 28.1. The van der Waals surface area contributed by atoms with Crippen molar-refractivity contribution in [2.24, 2.45) is 0 Å². The molecule has 0 radical (unpaired) electrons. The van der Waals surface area contributed by atoms with E-state index in [1.54, 1.807) is 10.9 Å². The fraction of sp³-hybridized carbons (Fsp3) is 0.815. The highest BCUT2D eigenvalue weighted by atomic mass is 28.4. The monoisotopic (exact) mass is 562 g/mol. The molecule has 38 heavy (non-hydrogen) atoms. The van der Waals surface area contributed by atoms with Gasteiger partial charge in [-0.1, -0.05) is 62.3 Å². The largest absolute Gasteiger partial charge is 0.407 e. The molecule has 0 spiro atoms. The standard InChI is InChI=1S/C27H46N4O5Si2/c1-25(2,3)37(10,11)35-21-20-17(15-33-38(36-20,26(4,5)6)27(7,8)9)34-24(21)31-16-28-19-22(31)29-18-13-12-14-30(18)23(19)32/h16-17,20-21,24H,12-15H2,1-11H3/t17-,20-,21-,24-/m1/s1. The Morgan fingerprint density at radius 2 is 1.74 bits per heavy atom. The number of rotatable bonds is 3. The summed E-state index contributed by atoms with van der Waals surface area (Å²) in [4.78, 5) is 22.6. The zero-order valence-electron chi connectivity index (χ0n) is 25.0. The highest BCUT2D eigenvalue weighted by molar-refractivity contribution is 6.74. The van der Waals surface area contributed by atoms with E-state index in [1.807, 2.05) is 4.57 Å². The maximum Gasteiger partial charge on any atom is 0.349 e. The molecule has 4 atom stereocenters. The first-order valence-corrected chi connectivity index (χ1v) is 18.7. The molecule has 2 fully saturated rings. The van der Waals surface area contributed by atoms with Gasteiger partial charge in [0.1, 0.15) is 24.1 Å². The van der Waals surface area contributed by atoms with E-state index >= 15 is 0 Å². The van der Waals surface area contributed by atoms with Crippen molar-refractivity contribution >= 4 is 28.0 Å². The Hall–Kier alpha value is -1.38. The first kappa shape index (κ1) is 28.2. The lowest BCUT2D eigenvalue weighted by atomic mass is 10.1. The predicted octanol–water partition coefficient (Wildman–Crippen LogP) is 5.28. The Morgan fingerprint density at radius 1 is 1.08 bits per heavy atom. The second kappa shape index (κ2) is 8.81. The predicted molar refractivity (Wildman–Crippen MR) is 152 cm³/mol. The molecule has 0 N–H and O–H groups in total. The number of fused-ring (bicyclic) bond motifs is 3. The van der Waals surface area contributed by atoms with Gasteiger partial charge in [-0.15, -0.1) is 0 Å². The van der Waals surface area contributed by atoms with Crippen molar-refractivity contribution in [3.63, 3.8) is 0 Å². The van der Waals surface area contributed by atoms with Crippen molar-refractivity contribution < 1.29 is 18.0 Å². The maximum atomic E-state index is 13.2. The third kappa shape index (κ3) is 4.19. The number of ether oxygens (including phenoxy) is 1. The van der Waals surface area contributed by atoms with Gasteiger partial charge in [0.15, 0.2) is 25.7 Å². The summed E-state index contributed by atoms with van der Waals surface area (Å²) in [6.07, 6.45) is 1.93. The van der Waals surface area contributed by atoms with Gasteiger partial charge in [0.05, 0.1) is 12.9 Å². The van der Waals surface area contributed by atoms with E-state index in [2.05, 4.69) is 80.4 Å². The minimum atomic E-state index is -2.76. The van der Waals surface area contributed by atoms with Crippen molar-refractivity contribution in [1.29, 1.82) is 0 Å². The first-order chi connectivity index (χ1) is 17.4. The Kier molecular flexibility index (Phi) is 6.53. The Morgan fingerprint density at radius 3 is 2.34 bits per heavy atom. The van der Waals surface area contributed by atoms with Crippen LogP contribution in [0, 0.1) is 0 Å². The summed E-state index contributed by atoms with van der Waals surface area (Å²) in [5, 5.41) is -0.319. The van der Waals surface area contributed by atoms with Crippen LogP contribution in [-0.4, -0.2) is 60.9 Å². The van der Waals surface area contributed by atoms with E-state index in [0.717, 1.165) is 18.7 Å². The molecule has 0 unspecified atom stereocenters. The molecule has 9 nitrogen and oxygen atoms in total. The molecular formula is C27H46N4O5Si2.